The summed E-state index contributed by atoms with van der Waals surface area (Å²) in [6, 6.07) is 0. The van der Waals surface area contributed by atoms with Gasteiger partial charge in [0.2, 0.25) is 0 Å². The van der Waals surface area contributed by atoms with Gasteiger partial charge in [0.25, 0.3) is 0 Å². The van der Waals surface area contributed by atoms with E-state index in [1.54, 1.807) is 5.01 Å². The topological polar surface area (TPSA) is 53.0 Å². The van der Waals surface area contributed by atoms with Gasteiger partial charge in [-0.25, -0.2) is 14.8 Å². The molecule has 5 nitrogen and oxygen atoms in total. The Morgan fingerprint density at radius 2 is 2.27 bits per heavy atom. The van der Waals surface area contributed by atoms with Gasteiger partial charge < -0.3 is 9.84 Å². The lowest BCUT2D eigenvalue weighted by Crippen LogP contribution is -2.54. The molecule has 1 atom stereocenters. The Labute approximate surface area is 64.1 Å². The number of aliphatic hydroxyl groups is 1. The Balaban J connectivity index is 2.03. The van der Waals surface area contributed by atoms with Crippen LogP contribution >= 0.6 is 0 Å². The zero-order valence-corrected chi connectivity index (χ0v) is 6.06. The first-order valence-electron chi connectivity index (χ1n) is 3.68. The number of carbonyl (C=O) groups excluding carboxylic acids is 1. The van der Waals surface area contributed by atoms with Gasteiger partial charge in [0.15, 0.2) is 6.23 Å². The van der Waals surface area contributed by atoms with E-state index in [0.29, 0.717) is 0 Å². The molecular weight excluding hydrogens is 148 g/mol. The van der Waals surface area contributed by atoms with E-state index in [4.69, 9.17) is 0 Å². The molecule has 0 aliphatic carbocycles. The van der Waals surface area contributed by atoms with E-state index in [2.05, 4.69) is 4.74 Å². The average Bonchev–Trinajstić information content (AvgIpc) is 2.15. The number of carbonyl (C=O) groups is 1. The van der Waals surface area contributed by atoms with Crippen LogP contribution < -0.4 is 0 Å². The predicted octanol–water partition coefficient (Wildman–Crippen LogP) is -0.622. The molecule has 2 rings (SSSR count). The molecule has 2 fully saturated rings. The fourth-order valence-electron chi connectivity index (χ4n) is 1.22. The number of nitrogens with zero attached hydrogens (tertiary/aromatic N) is 2. The minimum atomic E-state index is -0.775. The van der Waals surface area contributed by atoms with Crippen LogP contribution in [0.5, 0.6) is 0 Å². The normalized spacial score (nSPS) is 31.9. The van der Waals surface area contributed by atoms with Gasteiger partial charge in [0.05, 0.1) is 0 Å². The zero-order valence-electron chi connectivity index (χ0n) is 6.06. The van der Waals surface area contributed by atoms with Gasteiger partial charge in [0.1, 0.15) is 6.61 Å². The Morgan fingerprint density at radius 1 is 1.55 bits per heavy atom. The zero-order chi connectivity index (χ0) is 7.84. The van der Waals surface area contributed by atoms with Crippen LogP contribution in [0.3, 0.4) is 0 Å². The van der Waals surface area contributed by atoms with Crippen LogP contribution in [0, 0.1) is 0 Å². The molecule has 2 aliphatic rings. The molecule has 2 heterocycles. The van der Waals surface area contributed by atoms with Crippen molar-refractivity contribution in [3.05, 3.63) is 0 Å². The molecule has 11 heavy (non-hydrogen) atoms. The summed E-state index contributed by atoms with van der Waals surface area (Å²) in [6.07, 6.45) is -0.128. The van der Waals surface area contributed by atoms with E-state index < -0.39 is 12.3 Å². The number of hydrogen-bond donors (Lipinski definition) is 1. The van der Waals surface area contributed by atoms with Gasteiger partial charge in [0, 0.05) is 13.1 Å². The summed E-state index contributed by atoms with van der Waals surface area (Å²) in [6.45, 7) is 1.77. The SMILES string of the molecule is O=C1OCC(O)N1N1CCC1. The molecule has 0 spiro atoms. The highest BCUT2D eigenvalue weighted by Crippen LogP contribution is 2.18. The van der Waals surface area contributed by atoms with Crippen LogP contribution in [0.25, 0.3) is 0 Å². The van der Waals surface area contributed by atoms with E-state index >= 15 is 0 Å². The van der Waals surface area contributed by atoms with E-state index in [-0.39, 0.29) is 6.61 Å². The second-order valence-corrected chi connectivity index (χ2v) is 2.71. The third-order valence-electron chi connectivity index (χ3n) is 1.96. The lowest BCUT2D eigenvalue weighted by molar-refractivity contribution is -0.109. The molecule has 0 saturated carbocycles. The molecular formula is C6H10N2O3. The fraction of sp³-hybridized carbons (Fsp3) is 0.833. The monoisotopic (exact) mass is 158 g/mol. The number of rotatable bonds is 1. The molecule has 5 heteroatoms. The van der Waals surface area contributed by atoms with Crippen molar-refractivity contribution in [1.29, 1.82) is 0 Å². The Bertz CT molecular complexity index is 181. The van der Waals surface area contributed by atoms with E-state index in [1.165, 1.54) is 5.01 Å². The molecule has 1 amide bonds. The fourth-order valence-corrected chi connectivity index (χ4v) is 1.22. The van der Waals surface area contributed by atoms with Crippen molar-refractivity contribution in [1.82, 2.24) is 10.0 Å². The minimum absolute atomic E-state index is 0.0926. The van der Waals surface area contributed by atoms with E-state index in [0.717, 1.165) is 19.5 Å². The first-order valence-corrected chi connectivity index (χ1v) is 3.68. The highest BCUT2D eigenvalue weighted by molar-refractivity contribution is 5.69. The van der Waals surface area contributed by atoms with E-state index in [1.807, 2.05) is 0 Å². The molecule has 62 valence electrons. The predicted molar refractivity (Wildman–Crippen MR) is 35.4 cm³/mol. The first-order chi connectivity index (χ1) is 5.29. The molecule has 1 unspecified atom stereocenters. The van der Waals surface area contributed by atoms with Gasteiger partial charge in [-0.3, -0.25) is 0 Å². The standard InChI is InChI=1S/C6H10N2O3/c9-5-4-11-6(10)8(5)7-2-1-3-7/h5,9H,1-4H2. The molecule has 0 bridgehead atoms. The quantitative estimate of drug-likeness (QED) is 0.552. The third-order valence-corrected chi connectivity index (χ3v) is 1.96. The summed E-state index contributed by atoms with van der Waals surface area (Å²) in [7, 11) is 0. The van der Waals surface area contributed by atoms with E-state index in [9.17, 15) is 9.90 Å². The highest BCUT2D eigenvalue weighted by Gasteiger charge is 2.38. The van der Waals surface area contributed by atoms with Crippen LogP contribution in [0.4, 0.5) is 4.79 Å². The Morgan fingerprint density at radius 3 is 2.64 bits per heavy atom. The molecule has 0 aromatic heterocycles. The number of amides is 1. The summed E-state index contributed by atoms with van der Waals surface area (Å²) in [5.74, 6) is 0. The van der Waals surface area contributed by atoms with Crippen molar-refractivity contribution >= 4 is 6.09 Å². The maximum atomic E-state index is 10.9. The maximum absolute atomic E-state index is 10.9. The van der Waals surface area contributed by atoms with Crippen molar-refractivity contribution < 1.29 is 14.6 Å². The summed E-state index contributed by atoms with van der Waals surface area (Å²) in [5, 5.41) is 12.3. The first kappa shape index (κ1) is 6.87. The molecule has 0 aromatic carbocycles. The van der Waals surface area contributed by atoms with Crippen molar-refractivity contribution in [2.45, 2.75) is 12.6 Å². The minimum Gasteiger partial charge on any atom is -0.444 e. The summed E-state index contributed by atoms with van der Waals surface area (Å²) >= 11 is 0. The highest BCUT2D eigenvalue weighted by atomic mass is 16.6. The number of hydrazine groups is 1. The van der Waals surface area contributed by atoms with Gasteiger partial charge in [-0.05, 0) is 6.42 Å². The van der Waals surface area contributed by atoms with Crippen LogP contribution in [0.1, 0.15) is 6.42 Å². The van der Waals surface area contributed by atoms with Crippen LogP contribution in [0.2, 0.25) is 0 Å². The number of ether oxygens (including phenoxy) is 1. The van der Waals surface area contributed by atoms with Crippen LogP contribution in [-0.2, 0) is 4.74 Å². The average molecular weight is 158 g/mol. The van der Waals surface area contributed by atoms with Crippen LogP contribution in [0.15, 0.2) is 0 Å². The number of aliphatic hydroxyl groups excluding tert-OH is 1. The summed E-state index contributed by atoms with van der Waals surface area (Å²) in [4.78, 5) is 10.9. The smallest absolute Gasteiger partial charge is 0.427 e. The van der Waals surface area contributed by atoms with Gasteiger partial charge in [-0.1, -0.05) is 0 Å². The Kier molecular flexibility index (Phi) is 1.47. The van der Waals surface area contributed by atoms with Crippen molar-refractivity contribution in [3.63, 3.8) is 0 Å². The lowest BCUT2D eigenvalue weighted by Gasteiger charge is -2.37. The van der Waals surface area contributed by atoms with Crippen molar-refractivity contribution in [2.75, 3.05) is 19.7 Å². The van der Waals surface area contributed by atoms with Crippen molar-refractivity contribution in [3.8, 4) is 0 Å². The number of hydrogen-bond acceptors (Lipinski definition) is 4. The number of cyclic esters (lactones) is 1. The third kappa shape index (κ3) is 0.965. The Hall–Kier alpha value is -0.810. The van der Waals surface area contributed by atoms with Crippen molar-refractivity contribution in [2.24, 2.45) is 0 Å². The molecule has 0 aromatic rings. The van der Waals surface area contributed by atoms with Crippen LogP contribution in [-0.4, -0.2) is 47.1 Å². The molecule has 2 aliphatic heterocycles. The maximum Gasteiger partial charge on any atom is 0.427 e. The lowest BCUT2D eigenvalue weighted by atomic mass is 10.3. The second-order valence-electron chi connectivity index (χ2n) is 2.71. The summed E-state index contributed by atoms with van der Waals surface area (Å²) in [5.41, 5.74) is 0. The summed E-state index contributed by atoms with van der Waals surface area (Å²) < 4.78 is 4.63. The molecule has 2 saturated heterocycles. The van der Waals surface area contributed by atoms with Gasteiger partial charge in [-0.2, -0.15) is 0 Å². The molecule has 1 N–H and O–H groups in total. The largest absolute Gasteiger partial charge is 0.444 e. The second kappa shape index (κ2) is 2.35. The van der Waals surface area contributed by atoms with Gasteiger partial charge in [-0.15, -0.1) is 0 Å². The van der Waals surface area contributed by atoms with Gasteiger partial charge >= 0.3 is 6.09 Å². The molecule has 0 radical (unpaired) electrons.